The zero-order valence-electron chi connectivity index (χ0n) is 13.8. The van der Waals surface area contributed by atoms with E-state index < -0.39 is 0 Å². The molecule has 0 amide bonds. The Hall–Kier alpha value is -1.77. The van der Waals surface area contributed by atoms with E-state index in [1.807, 2.05) is 12.1 Å². The van der Waals surface area contributed by atoms with Crippen LogP contribution in [0.5, 0.6) is 0 Å². The summed E-state index contributed by atoms with van der Waals surface area (Å²) in [6, 6.07) is 17.5. The lowest BCUT2D eigenvalue weighted by molar-refractivity contribution is 0.525. The Labute approximate surface area is 148 Å². The number of para-hydroxylation sites is 1. The number of fused-ring (bicyclic) bond motifs is 1. The molecule has 1 aliphatic carbocycles. The van der Waals surface area contributed by atoms with Gasteiger partial charge in [0, 0.05) is 41.3 Å². The van der Waals surface area contributed by atoms with Gasteiger partial charge in [0.25, 0.3) is 0 Å². The summed E-state index contributed by atoms with van der Waals surface area (Å²) in [5, 5.41) is 5.92. The van der Waals surface area contributed by atoms with Crippen LogP contribution >= 0.6 is 11.6 Å². The Morgan fingerprint density at radius 1 is 0.958 bits per heavy atom. The molecular formula is C21H23ClN2. The van der Waals surface area contributed by atoms with Crippen molar-refractivity contribution in [3.8, 4) is 0 Å². The van der Waals surface area contributed by atoms with Gasteiger partial charge < -0.3 is 9.88 Å². The lowest BCUT2D eigenvalue weighted by atomic mass is 10.1. The Balaban J connectivity index is 1.62. The number of benzene rings is 2. The largest absolute Gasteiger partial charge is 0.343 e. The van der Waals surface area contributed by atoms with Crippen LogP contribution in [0.1, 0.15) is 36.8 Å². The van der Waals surface area contributed by atoms with Gasteiger partial charge in [-0.15, -0.1) is 0 Å². The summed E-state index contributed by atoms with van der Waals surface area (Å²) in [5.41, 5.74) is 3.82. The topological polar surface area (TPSA) is 17.0 Å². The number of nitrogens with one attached hydrogen (secondary N) is 1. The van der Waals surface area contributed by atoms with Crippen LogP contribution in [0.15, 0.2) is 54.7 Å². The second-order valence-electron chi connectivity index (χ2n) is 6.75. The maximum Gasteiger partial charge on any atom is 0.0491 e. The van der Waals surface area contributed by atoms with Crippen LogP contribution in [0, 0.1) is 0 Å². The van der Waals surface area contributed by atoms with Crippen LogP contribution in [0.4, 0.5) is 0 Å². The highest BCUT2D eigenvalue weighted by Crippen LogP contribution is 2.25. The van der Waals surface area contributed by atoms with Gasteiger partial charge in [0.2, 0.25) is 0 Å². The van der Waals surface area contributed by atoms with E-state index in [0.29, 0.717) is 6.04 Å². The predicted molar refractivity (Wildman–Crippen MR) is 102 cm³/mol. The standard InChI is InChI=1S/C21H23ClN2/c22-20-11-5-1-7-16(20)14-24-15-17(13-23-18-8-2-3-9-18)19-10-4-6-12-21(19)24/h1,4-7,10-12,15,18,23H,2-3,8-9,13-14H2. The fourth-order valence-electron chi connectivity index (χ4n) is 3.79. The van der Waals surface area contributed by atoms with Crippen LogP contribution in [0.25, 0.3) is 10.9 Å². The molecule has 3 heteroatoms. The summed E-state index contributed by atoms with van der Waals surface area (Å²) in [6.45, 7) is 1.75. The number of halogens is 1. The minimum atomic E-state index is 0.690. The van der Waals surface area contributed by atoms with Gasteiger partial charge in [-0.3, -0.25) is 0 Å². The minimum absolute atomic E-state index is 0.690. The summed E-state index contributed by atoms with van der Waals surface area (Å²) in [4.78, 5) is 0. The molecule has 0 spiro atoms. The van der Waals surface area contributed by atoms with Gasteiger partial charge in [0.05, 0.1) is 0 Å². The third-order valence-corrected chi connectivity index (χ3v) is 5.47. The lowest BCUT2D eigenvalue weighted by Crippen LogP contribution is -2.25. The molecule has 2 nitrogen and oxygen atoms in total. The first-order valence-electron chi connectivity index (χ1n) is 8.85. The summed E-state index contributed by atoms with van der Waals surface area (Å²) >= 11 is 6.35. The molecule has 1 saturated carbocycles. The summed E-state index contributed by atoms with van der Waals surface area (Å²) in [6.07, 6.45) is 7.66. The molecule has 0 atom stereocenters. The van der Waals surface area contributed by atoms with Gasteiger partial charge in [0.1, 0.15) is 0 Å². The predicted octanol–water partition coefficient (Wildman–Crippen LogP) is 5.38. The van der Waals surface area contributed by atoms with Gasteiger partial charge in [-0.2, -0.15) is 0 Å². The second kappa shape index (κ2) is 7.00. The zero-order chi connectivity index (χ0) is 16.4. The highest BCUT2D eigenvalue weighted by molar-refractivity contribution is 6.31. The first kappa shape index (κ1) is 15.7. The van der Waals surface area contributed by atoms with Gasteiger partial charge in [-0.05, 0) is 36.1 Å². The first-order chi connectivity index (χ1) is 11.8. The van der Waals surface area contributed by atoms with Crippen molar-refractivity contribution in [1.29, 1.82) is 0 Å². The van der Waals surface area contributed by atoms with Crippen molar-refractivity contribution >= 4 is 22.5 Å². The number of hydrogen-bond donors (Lipinski definition) is 1. The maximum atomic E-state index is 6.35. The van der Waals surface area contributed by atoms with Crippen molar-refractivity contribution in [2.75, 3.05) is 0 Å². The molecular weight excluding hydrogens is 316 g/mol. The van der Waals surface area contributed by atoms with Gasteiger partial charge in [-0.1, -0.05) is 60.8 Å². The maximum absolute atomic E-state index is 6.35. The molecule has 1 N–H and O–H groups in total. The average Bonchev–Trinajstić information content (AvgIpc) is 3.24. The highest BCUT2D eigenvalue weighted by Gasteiger charge is 2.15. The quantitative estimate of drug-likeness (QED) is 0.661. The molecule has 0 aliphatic heterocycles. The fraction of sp³-hybridized carbons (Fsp3) is 0.333. The Kier molecular flexibility index (Phi) is 4.59. The molecule has 4 rings (SSSR count). The van der Waals surface area contributed by atoms with Crippen molar-refractivity contribution in [2.45, 2.75) is 44.8 Å². The molecule has 1 fully saturated rings. The molecule has 0 bridgehead atoms. The SMILES string of the molecule is Clc1ccccc1Cn1cc(CNC2CCCC2)c2ccccc21. The fourth-order valence-corrected chi connectivity index (χ4v) is 3.98. The zero-order valence-corrected chi connectivity index (χ0v) is 14.6. The van der Waals surface area contributed by atoms with E-state index >= 15 is 0 Å². The number of rotatable bonds is 5. The molecule has 1 heterocycles. The average molecular weight is 339 g/mol. The van der Waals surface area contributed by atoms with E-state index in [2.05, 4.69) is 52.5 Å². The molecule has 0 unspecified atom stereocenters. The van der Waals surface area contributed by atoms with Crippen molar-refractivity contribution in [2.24, 2.45) is 0 Å². The smallest absolute Gasteiger partial charge is 0.0491 e. The van der Waals surface area contributed by atoms with Crippen molar-refractivity contribution in [3.05, 3.63) is 70.9 Å². The summed E-state index contributed by atoms with van der Waals surface area (Å²) < 4.78 is 2.32. The van der Waals surface area contributed by atoms with E-state index in [1.54, 1.807) is 0 Å². The molecule has 24 heavy (non-hydrogen) atoms. The Morgan fingerprint density at radius 3 is 2.54 bits per heavy atom. The van der Waals surface area contributed by atoms with Crippen LogP contribution in [0.3, 0.4) is 0 Å². The summed E-state index contributed by atoms with van der Waals surface area (Å²) in [7, 11) is 0. The van der Waals surface area contributed by atoms with Crippen LogP contribution in [-0.2, 0) is 13.1 Å². The number of nitrogens with zero attached hydrogens (tertiary/aromatic N) is 1. The van der Waals surface area contributed by atoms with E-state index in [4.69, 9.17) is 11.6 Å². The van der Waals surface area contributed by atoms with Crippen LogP contribution in [0.2, 0.25) is 5.02 Å². The monoisotopic (exact) mass is 338 g/mol. The molecule has 0 radical (unpaired) electrons. The van der Waals surface area contributed by atoms with E-state index in [-0.39, 0.29) is 0 Å². The van der Waals surface area contributed by atoms with Gasteiger partial charge in [-0.25, -0.2) is 0 Å². The Bertz CT molecular complexity index is 831. The van der Waals surface area contributed by atoms with Gasteiger partial charge in [0.15, 0.2) is 0 Å². The lowest BCUT2D eigenvalue weighted by Gasteiger charge is -2.10. The van der Waals surface area contributed by atoms with Crippen molar-refractivity contribution in [3.63, 3.8) is 0 Å². The molecule has 124 valence electrons. The highest BCUT2D eigenvalue weighted by atomic mass is 35.5. The van der Waals surface area contributed by atoms with E-state index in [1.165, 1.54) is 42.1 Å². The number of hydrogen-bond acceptors (Lipinski definition) is 1. The molecule has 2 aromatic carbocycles. The van der Waals surface area contributed by atoms with Crippen LogP contribution < -0.4 is 5.32 Å². The Morgan fingerprint density at radius 2 is 1.71 bits per heavy atom. The minimum Gasteiger partial charge on any atom is -0.343 e. The summed E-state index contributed by atoms with van der Waals surface area (Å²) in [5.74, 6) is 0. The van der Waals surface area contributed by atoms with Crippen LogP contribution in [-0.4, -0.2) is 10.6 Å². The third-order valence-electron chi connectivity index (χ3n) is 5.11. The van der Waals surface area contributed by atoms with Crippen molar-refractivity contribution in [1.82, 2.24) is 9.88 Å². The van der Waals surface area contributed by atoms with Gasteiger partial charge >= 0.3 is 0 Å². The second-order valence-corrected chi connectivity index (χ2v) is 7.16. The molecule has 1 aliphatic rings. The molecule has 3 aromatic rings. The van der Waals surface area contributed by atoms with E-state index in [9.17, 15) is 0 Å². The van der Waals surface area contributed by atoms with E-state index in [0.717, 1.165) is 23.7 Å². The van der Waals surface area contributed by atoms with Crippen molar-refractivity contribution < 1.29 is 0 Å². The third kappa shape index (κ3) is 3.22. The molecule has 0 saturated heterocycles. The first-order valence-corrected chi connectivity index (χ1v) is 9.22. The normalized spacial score (nSPS) is 15.4. The molecule has 1 aromatic heterocycles. The number of aromatic nitrogens is 1.